The molecule has 2 aliphatic rings. The predicted molar refractivity (Wildman–Crippen MR) is 144 cm³/mol. The second-order valence-corrected chi connectivity index (χ2v) is 10.8. The van der Waals surface area contributed by atoms with E-state index in [2.05, 4.69) is 10.6 Å². The van der Waals surface area contributed by atoms with Crippen LogP contribution in [0.4, 0.5) is 14.9 Å². The van der Waals surface area contributed by atoms with Gasteiger partial charge in [0.1, 0.15) is 18.1 Å². The Labute approximate surface area is 243 Å². The Morgan fingerprint density at radius 1 is 1.32 bits per heavy atom. The van der Waals surface area contributed by atoms with Crippen molar-refractivity contribution in [2.45, 2.75) is 37.6 Å². The number of aldehydes is 1. The zero-order chi connectivity index (χ0) is 29.6. The van der Waals surface area contributed by atoms with E-state index in [1.165, 1.54) is 12.1 Å². The first-order valence-corrected chi connectivity index (χ1v) is 13.9. The van der Waals surface area contributed by atoms with E-state index < -0.39 is 53.9 Å². The quantitative estimate of drug-likeness (QED) is 0.210. The van der Waals surface area contributed by atoms with Gasteiger partial charge in [0.15, 0.2) is 11.9 Å². The van der Waals surface area contributed by atoms with Crippen molar-refractivity contribution < 1.29 is 47.3 Å². The van der Waals surface area contributed by atoms with Crippen molar-refractivity contribution in [1.29, 1.82) is 0 Å². The number of rotatable bonds is 12. The van der Waals surface area contributed by atoms with Crippen LogP contribution in [-0.4, -0.2) is 80.8 Å². The van der Waals surface area contributed by atoms with E-state index in [9.17, 15) is 24.0 Å². The molecular formula is C26H27ClFN3O9S. The van der Waals surface area contributed by atoms with Gasteiger partial charge in [-0.2, -0.15) is 0 Å². The third kappa shape index (κ3) is 6.84. The summed E-state index contributed by atoms with van der Waals surface area (Å²) in [6.07, 6.45) is -2.70. The minimum absolute atomic E-state index is 0.0126. The van der Waals surface area contributed by atoms with Crippen molar-refractivity contribution in [2.75, 3.05) is 37.7 Å². The molecule has 0 saturated carbocycles. The number of carbonyl (C=O) groups is 5. The summed E-state index contributed by atoms with van der Waals surface area (Å²) < 4.78 is 37.4. The standard InChI is InChI=1S/C26H27ClFN3O9S/c1-2-10-38-26(7-9-32,21-23(34)29-8-11-37-21)24(35)39-15-3-4-18(17(28)12-15)31-14-16(40-25(31)36)13-30-22(33)19-5-6-20(27)41-19/h3-6,9,12,16,21H,2,7-8,10-11,13-14H2,1H3,(H,29,34)(H,30,33)/t16-,21?,26?/m0/s1. The molecule has 2 unspecified atom stereocenters. The van der Waals surface area contributed by atoms with Crippen LogP contribution in [0.3, 0.4) is 0 Å². The van der Waals surface area contributed by atoms with Gasteiger partial charge in [-0.25, -0.2) is 14.0 Å². The summed E-state index contributed by atoms with van der Waals surface area (Å²) in [4.78, 5) is 63.5. The van der Waals surface area contributed by atoms with Crippen LogP contribution in [0.2, 0.25) is 4.34 Å². The number of nitrogens with one attached hydrogen (secondary N) is 2. The van der Waals surface area contributed by atoms with Crippen molar-refractivity contribution in [3.05, 3.63) is 45.4 Å². The lowest BCUT2D eigenvalue weighted by atomic mass is 9.91. The molecule has 2 N–H and O–H groups in total. The molecule has 0 radical (unpaired) electrons. The average Bonchev–Trinajstić information content (AvgIpc) is 3.55. The molecule has 15 heteroatoms. The second-order valence-electron chi connectivity index (χ2n) is 9.08. The summed E-state index contributed by atoms with van der Waals surface area (Å²) in [5.74, 6) is -3.32. The number of hydrogen-bond donors (Lipinski definition) is 2. The second kappa shape index (κ2) is 13.4. The molecule has 2 saturated heterocycles. The van der Waals surface area contributed by atoms with Gasteiger partial charge in [-0.15, -0.1) is 11.3 Å². The zero-order valence-corrected chi connectivity index (χ0v) is 23.4. The third-order valence-corrected chi connectivity index (χ3v) is 7.46. The Kier molecular flexibility index (Phi) is 9.91. The summed E-state index contributed by atoms with van der Waals surface area (Å²) in [5.41, 5.74) is -2.24. The van der Waals surface area contributed by atoms with E-state index in [1.807, 2.05) is 0 Å². The number of thiophene rings is 1. The largest absolute Gasteiger partial charge is 0.442 e. The highest BCUT2D eigenvalue weighted by Gasteiger charge is 2.54. The smallest absolute Gasteiger partial charge is 0.414 e. The van der Waals surface area contributed by atoms with Gasteiger partial charge in [-0.05, 0) is 30.7 Å². The van der Waals surface area contributed by atoms with Crippen LogP contribution in [0, 0.1) is 5.82 Å². The molecule has 3 heterocycles. The van der Waals surface area contributed by atoms with Crippen molar-refractivity contribution in [1.82, 2.24) is 10.6 Å². The van der Waals surface area contributed by atoms with Gasteiger partial charge >= 0.3 is 12.1 Å². The molecule has 4 rings (SSSR count). The fourth-order valence-corrected chi connectivity index (χ4v) is 5.24. The highest BCUT2D eigenvalue weighted by atomic mass is 35.5. The Bertz CT molecular complexity index is 1320. The van der Waals surface area contributed by atoms with Crippen LogP contribution in [0.25, 0.3) is 0 Å². The zero-order valence-electron chi connectivity index (χ0n) is 21.9. The fourth-order valence-electron chi connectivity index (χ4n) is 4.28. The van der Waals surface area contributed by atoms with Gasteiger partial charge in [-0.3, -0.25) is 14.5 Å². The topological polar surface area (TPSA) is 150 Å². The number of hydrogen-bond acceptors (Lipinski definition) is 10. The van der Waals surface area contributed by atoms with Gasteiger partial charge in [0.25, 0.3) is 11.8 Å². The Balaban J connectivity index is 1.45. The molecule has 0 bridgehead atoms. The summed E-state index contributed by atoms with van der Waals surface area (Å²) in [6.45, 7) is 2.03. The summed E-state index contributed by atoms with van der Waals surface area (Å²) in [6, 6.07) is 6.49. The number of morpholine rings is 1. The van der Waals surface area contributed by atoms with Crippen LogP contribution in [0.15, 0.2) is 30.3 Å². The minimum Gasteiger partial charge on any atom is -0.442 e. The van der Waals surface area contributed by atoms with E-state index >= 15 is 4.39 Å². The summed E-state index contributed by atoms with van der Waals surface area (Å²) in [7, 11) is 0. The minimum atomic E-state index is -2.09. The Morgan fingerprint density at radius 3 is 2.78 bits per heavy atom. The van der Waals surface area contributed by atoms with Crippen LogP contribution >= 0.6 is 22.9 Å². The van der Waals surface area contributed by atoms with Crippen molar-refractivity contribution in [3.8, 4) is 5.75 Å². The predicted octanol–water partition coefficient (Wildman–Crippen LogP) is 2.47. The average molecular weight is 612 g/mol. The van der Waals surface area contributed by atoms with Crippen molar-refractivity contribution >= 4 is 58.8 Å². The van der Waals surface area contributed by atoms with Gasteiger partial charge in [0.2, 0.25) is 5.60 Å². The number of ether oxygens (including phenoxy) is 4. The van der Waals surface area contributed by atoms with E-state index in [-0.39, 0.29) is 44.3 Å². The van der Waals surface area contributed by atoms with Crippen LogP contribution < -0.4 is 20.3 Å². The molecule has 2 fully saturated rings. The number of esters is 1. The highest BCUT2D eigenvalue weighted by Crippen LogP contribution is 2.31. The van der Waals surface area contributed by atoms with Crippen molar-refractivity contribution in [3.63, 3.8) is 0 Å². The van der Waals surface area contributed by atoms with Gasteiger partial charge in [-0.1, -0.05) is 18.5 Å². The van der Waals surface area contributed by atoms with E-state index in [0.29, 0.717) is 21.9 Å². The van der Waals surface area contributed by atoms with E-state index in [0.717, 1.165) is 22.3 Å². The molecule has 3 atom stereocenters. The number of cyclic esters (lactones) is 1. The fraction of sp³-hybridized carbons (Fsp3) is 0.423. The number of amides is 3. The maximum atomic E-state index is 15.2. The first-order chi connectivity index (χ1) is 19.7. The summed E-state index contributed by atoms with van der Waals surface area (Å²) >= 11 is 6.94. The monoisotopic (exact) mass is 611 g/mol. The maximum absolute atomic E-state index is 15.2. The van der Waals surface area contributed by atoms with Gasteiger partial charge in [0, 0.05) is 25.6 Å². The normalized spacial score (nSPS) is 20.1. The molecule has 220 valence electrons. The lowest BCUT2D eigenvalue weighted by molar-refractivity contribution is -0.196. The van der Waals surface area contributed by atoms with Crippen molar-refractivity contribution in [2.24, 2.45) is 0 Å². The van der Waals surface area contributed by atoms with Gasteiger partial charge < -0.3 is 34.4 Å². The molecule has 41 heavy (non-hydrogen) atoms. The Morgan fingerprint density at radius 2 is 2.12 bits per heavy atom. The maximum Gasteiger partial charge on any atom is 0.414 e. The number of nitrogens with zero attached hydrogens (tertiary/aromatic N) is 1. The highest BCUT2D eigenvalue weighted by molar-refractivity contribution is 7.18. The van der Waals surface area contributed by atoms with Crippen LogP contribution in [-0.2, 0) is 28.6 Å². The Hall–Kier alpha value is -3.59. The molecule has 1 aromatic carbocycles. The molecule has 0 spiro atoms. The lowest BCUT2D eigenvalue weighted by Crippen LogP contribution is -2.63. The van der Waals surface area contributed by atoms with E-state index in [1.54, 1.807) is 19.1 Å². The first kappa shape index (κ1) is 30.4. The number of carbonyl (C=O) groups excluding carboxylic acids is 5. The van der Waals surface area contributed by atoms with Crippen LogP contribution in [0.5, 0.6) is 5.75 Å². The number of benzene rings is 1. The molecule has 1 aromatic heterocycles. The molecule has 2 aliphatic heterocycles. The lowest BCUT2D eigenvalue weighted by Gasteiger charge is -2.37. The number of halogens is 2. The molecule has 3 amide bonds. The van der Waals surface area contributed by atoms with E-state index in [4.69, 9.17) is 30.5 Å². The van der Waals surface area contributed by atoms with Crippen LogP contribution in [0.1, 0.15) is 29.4 Å². The van der Waals surface area contributed by atoms with Gasteiger partial charge in [0.05, 0.1) is 34.6 Å². The third-order valence-electron chi connectivity index (χ3n) is 6.23. The SMILES string of the molecule is CCCOC(CC=O)(C(=O)Oc1ccc(N2C[C@H](CNC(=O)c3ccc(Cl)s3)OC2=O)c(F)c1)C1OCCNC1=O. The molecule has 0 aliphatic carbocycles. The molecule has 12 nitrogen and oxygen atoms in total. The summed E-state index contributed by atoms with van der Waals surface area (Å²) in [5, 5.41) is 5.21. The molecular weight excluding hydrogens is 585 g/mol. The first-order valence-electron chi connectivity index (χ1n) is 12.7. The number of anilines is 1. The molecule has 2 aromatic rings.